The lowest BCUT2D eigenvalue weighted by molar-refractivity contribution is 0.242. The zero-order chi connectivity index (χ0) is 21.0. The lowest BCUT2D eigenvalue weighted by Gasteiger charge is -2.19. The van der Waals surface area contributed by atoms with Gasteiger partial charge >= 0.3 is 0 Å². The van der Waals surface area contributed by atoms with Crippen LogP contribution in [0.15, 0.2) is 41.3 Å². The molecular weight excluding hydrogens is 429 g/mol. The maximum Gasteiger partial charge on any atom is 0.175 e. The number of nitrogens with one attached hydrogen (secondary N) is 1. The number of ether oxygens (including phenoxy) is 1. The highest BCUT2D eigenvalue weighted by Gasteiger charge is 2.27. The summed E-state index contributed by atoms with van der Waals surface area (Å²) in [6, 6.07) is 12.8. The van der Waals surface area contributed by atoms with Crippen molar-refractivity contribution in [2.24, 2.45) is 0 Å². The zero-order valence-corrected chi connectivity index (χ0v) is 18.7. The number of nitrogens with zero attached hydrogens (tertiary/aromatic N) is 2. The predicted molar refractivity (Wildman–Crippen MR) is 117 cm³/mol. The number of likely N-dealkylation sites (tertiary alicyclic amines) is 1. The van der Waals surface area contributed by atoms with E-state index < -0.39 is 11.4 Å². The third kappa shape index (κ3) is 6.02. The maximum absolute atomic E-state index is 12.6. The Labute approximate surface area is 184 Å². The third-order valence-corrected chi connectivity index (χ3v) is 6.33. The summed E-state index contributed by atoms with van der Waals surface area (Å²) in [6.07, 6.45) is 0.885. The smallest absolute Gasteiger partial charge is 0.175 e. The molecule has 1 fully saturated rings. The van der Waals surface area contributed by atoms with Crippen molar-refractivity contribution in [2.75, 3.05) is 13.1 Å². The van der Waals surface area contributed by atoms with Crippen molar-refractivity contribution < 1.29 is 9.29 Å². The Hall–Kier alpha value is -1.46. The molecule has 2 aromatic rings. The summed E-state index contributed by atoms with van der Waals surface area (Å²) in [7, 11) is 0. The van der Waals surface area contributed by atoms with Crippen LogP contribution in [0.4, 0.5) is 0 Å². The molecular formula is C21H23Cl2N3O2S. The summed E-state index contributed by atoms with van der Waals surface area (Å²) in [6.45, 7) is 6.21. The van der Waals surface area contributed by atoms with Crippen LogP contribution in [0.25, 0.3) is 0 Å². The highest BCUT2D eigenvalue weighted by molar-refractivity contribution is 7.89. The summed E-state index contributed by atoms with van der Waals surface area (Å²) in [4.78, 5) is 2.88. The van der Waals surface area contributed by atoms with E-state index in [-0.39, 0.29) is 12.1 Å². The van der Waals surface area contributed by atoms with Crippen molar-refractivity contribution in [3.05, 3.63) is 57.6 Å². The van der Waals surface area contributed by atoms with Crippen molar-refractivity contribution in [1.29, 1.82) is 5.26 Å². The molecule has 3 rings (SSSR count). The van der Waals surface area contributed by atoms with Crippen LogP contribution in [0, 0.1) is 11.3 Å². The molecule has 0 saturated carbocycles. The van der Waals surface area contributed by atoms with Gasteiger partial charge in [-0.15, -0.1) is 4.72 Å². The van der Waals surface area contributed by atoms with Crippen molar-refractivity contribution in [2.45, 2.75) is 43.9 Å². The van der Waals surface area contributed by atoms with Crippen LogP contribution in [0.2, 0.25) is 10.0 Å². The Morgan fingerprint density at radius 2 is 2.03 bits per heavy atom. The van der Waals surface area contributed by atoms with E-state index in [0.29, 0.717) is 32.8 Å². The molecule has 1 unspecified atom stereocenters. The van der Waals surface area contributed by atoms with Crippen molar-refractivity contribution in [1.82, 2.24) is 9.62 Å². The second-order valence-corrected chi connectivity index (χ2v) is 9.36. The minimum Gasteiger partial charge on any atom is -0.593 e. The average Bonchev–Trinajstić information content (AvgIpc) is 3.11. The maximum atomic E-state index is 12.6. The molecule has 0 bridgehead atoms. The molecule has 2 atom stereocenters. The highest BCUT2D eigenvalue weighted by Crippen LogP contribution is 2.35. The Bertz CT molecular complexity index is 881. The van der Waals surface area contributed by atoms with Gasteiger partial charge in [0.05, 0.1) is 45.2 Å². The Morgan fingerprint density at radius 1 is 1.31 bits per heavy atom. The first-order valence-electron chi connectivity index (χ1n) is 9.40. The predicted octanol–water partition coefficient (Wildman–Crippen LogP) is 4.54. The molecule has 0 spiro atoms. The third-order valence-electron chi connectivity index (χ3n) is 4.54. The quantitative estimate of drug-likeness (QED) is 0.625. The number of nitriles is 1. The summed E-state index contributed by atoms with van der Waals surface area (Å²) in [5.41, 5.74) is 1.52. The fourth-order valence-electron chi connectivity index (χ4n) is 3.28. The van der Waals surface area contributed by atoms with Crippen molar-refractivity contribution in [3.63, 3.8) is 0 Å². The number of halogens is 2. The second-order valence-electron chi connectivity index (χ2n) is 7.30. The Kier molecular flexibility index (Phi) is 7.69. The first kappa shape index (κ1) is 22.2. The Morgan fingerprint density at radius 3 is 2.69 bits per heavy atom. The second kappa shape index (κ2) is 10.0. The minimum atomic E-state index is -1.35. The lowest BCUT2D eigenvalue weighted by Crippen LogP contribution is -2.37. The van der Waals surface area contributed by atoms with Gasteiger partial charge in [-0.2, -0.15) is 5.26 Å². The fraction of sp³-hybridized carbons (Fsp3) is 0.381. The summed E-state index contributed by atoms with van der Waals surface area (Å²) >= 11 is 11.4. The molecule has 1 heterocycles. The molecule has 0 radical (unpaired) electrons. The number of hydrogen-bond donors (Lipinski definition) is 1. The van der Waals surface area contributed by atoms with Gasteiger partial charge in [0.2, 0.25) is 0 Å². The van der Waals surface area contributed by atoms with Crippen molar-refractivity contribution >= 4 is 34.6 Å². The first-order valence-corrected chi connectivity index (χ1v) is 11.3. The standard InChI is InChI=1S/C21H23Cl2N3O2S/c1-14(2)28-21-19(22)9-16(10-20(21)23)12-26-7-6-17(13-26)25-29(27)18-5-3-4-15(8-18)11-24/h3-5,8-10,14,17,25H,6-7,12-13H2,1-2H3/t17-,29?/m1/s1. The molecule has 0 amide bonds. The van der Waals surface area contributed by atoms with Crippen LogP contribution in [-0.2, 0) is 17.9 Å². The van der Waals surface area contributed by atoms with Crippen molar-refractivity contribution in [3.8, 4) is 11.8 Å². The fourth-order valence-corrected chi connectivity index (χ4v) is 4.97. The number of benzene rings is 2. The number of rotatable bonds is 7. The van der Waals surface area contributed by atoms with E-state index in [1.54, 1.807) is 24.3 Å². The monoisotopic (exact) mass is 451 g/mol. The van der Waals surface area contributed by atoms with Crippen LogP contribution in [0.3, 0.4) is 0 Å². The molecule has 154 valence electrons. The molecule has 1 aliphatic rings. The van der Waals surface area contributed by atoms with Crippen LogP contribution in [-0.4, -0.2) is 34.7 Å². The molecule has 1 saturated heterocycles. The van der Waals surface area contributed by atoms with Crippen LogP contribution < -0.4 is 9.46 Å². The van der Waals surface area contributed by atoms with E-state index >= 15 is 0 Å². The Balaban J connectivity index is 1.58. The summed E-state index contributed by atoms with van der Waals surface area (Å²) in [5.74, 6) is 0.517. The summed E-state index contributed by atoms with van der Waals surface area (Å²) < 4.78 is 21.4. The number of hydrogen-bond acceptors (Lipinski definition) is 5. The molecule has 1 N–H and O–H groups in total. The highest BCUT2D eigenvalue weighted by atomic mass is 35.5. The molecule has 29 heavy (non-hydrogen) atoms. The van der Waals surface area contributed by atoms with Gasteiger partial charge in [0, 0.05) is 25.7 Å². The molecule has 0 aliphatic carbocycles. The van der Waals surface area contributed by atoms with Crippen LogP contribution in [0.5, 0.6) is 5.75 Å². The van der Waals surface area contributed by atoms with Crippen LogP contribution in [0.1, 0.15) is 31.4 Å². The van der Waals surface area contributed by atoms with E-state index in [0.717, 1.165) is 25.1 Å². The van der Waals surface area contributed by atoms with E-state index in [9.17, 15) is 4.55 Å². The van der Waals surface area contributed by atoms with E-state index in [1.807, 2.05) is 26.0 Å². The SMILES string of the molecule is CC(C)Oc1c(Cl)cc(CN2CC[C@@H](N[S+]([O-])c3cccc(C#N)c3)C2)cc1Cl. The minimum absolute atomic E-state index is 0.00371. The molecule has 2 aromatic carbocycles. The molecule has 5 nitrogen and oxygen atoms in total. The molecule has 1 aliphatic heterocycles. The van der Waals surface area contributed by atoms with Gasteiger partial charge in [-0.3, -0.25) is 4.90 Å². The van der Waals surface area contributed by atoms with E-state index in [1.165, 1.54) is 0 Å². The van der Waals surface area contributed by atoms with Gasteiger partial charge in [0.15, 0.2) is 10.6 Å². The van der Waals surface area contributed by atoms with Gasteiger partial charge < -0.3 is 9.29 Å². The first-order chi connectivity index (χ1) is 13.9. The molecule has 0 aromatic heterocycles. The largest absolute Gasteiger partial charge is 0.593 e. The van der Waals surface area contributed by atoms with E-state index in [2.05, 4.69) is 15.7 Å². The zero-order valence-electron chi connectivity index (χ0n) is 16.3. The van der Waals surface area contributed by atoms with Gasteiger partial charge in [-0.1, -0.05) is 29.3 Å². The lowest BCUT2D eigenvalue weighted by atomic mass is 10.2. The van der Waals surface area contributed by atoms with Crippen LogP contribution >= 0.6 is 23.2 Å². The topological polar surface area (TPSA) is 71.3 Å². The van der Waals surface area contributed by atoms with Gasteiger partial charge in [0.1, 0.15) is 0 Å². The normalized spacial score (nSPS) is 18.0. The van der Waals surface area contributed by atoms with E-state index in [4.69, 9.17) is 33.2 Å². The van der Waals surface area contributed by atoms with Gasteiger partial charge in [0.25, 0.3) is 0 Å². The summed E-state index contributed by atoms with van der Waals surface area (Å²) in [5, 5.41) is 10.0. The van der Waals surface area contributed by atoms with Gasteiger partial charge in [-0.25, -0.2) is 0 Å². The van der Waals surface area contributed by atoms with Gasteiger partial charge in [-0.05, 0) is 50.1 Å². The molecule has 8 heteroatoms. The average molecular weight is 452 g/mol.